The average molecular weight is 195 g/mol. The predicted molar refractivity (Wildman–Crippen MR) is 48.6 cm³/mol. The summed E-state index contributed by atoms with van der Waals surface area (Å²) in [4.78, 5) is 0. The van der Waals surface area contributed by atoms with Crippen molar-refractivity contribution in [1.82, 2.24) is 10.2 Å². The number of furan rings is 1. The highest BCUT2D eigenvalue weighted by Gasteiger charge is 2.00. The van der Waals surface area contributed by atoms with Crippen LogP contribution in [0, 0.1) is 0 Å². The van der Waals surface area contributed by atoms with E-state index in [2.05, 4.69) is 10.2 Å². The lowest BCUT2D eigenvalue weighted by molar-refractivity contribution is 0.518. The second-order valence-corrected chi connectivity index (χ2v) is 2.99. The summed E-state index contributed by atoms with van der Waals surface area (Å²) in [7, 11) is 0. The zero-order valence-corrected chi connectivity index (χ0v) is 7.53. The van der Waals surface area contributed by atoms with E-state index < -0.39 is 0 Å². The van der Waals surface area contributed by atoms with Gasteiger partial charge >= 0.3 is 0 Å². The Labute approximate surface area is 80.4 Å². The zero-order valence-electron chi connectivity index (χ0n) is 6.77. The van der Waals surface area contributed by atoms with Crippen LogP contribution in [0.3, 0.4) is 0 Å². The summed E-state index contributed by atoms with van der Waals surface area (Å²) in [6.45, 7) is 0. The van der Waals surface area contributed by atoms with Crippen LogP contribution < -0.4 is 0 Å². The summed E-state index contributed by atoms with van der Waals surface area (Å²) < 4.78 is 5.17. The van der Waals surface area contributed by atoms with E-state index in [1.165, 1.54) is 0 Å². The van der Waals surface area contributed by atoms with Gasteiger partial charge in [0, 0.05) is 6.42 Å². The fourth-order valence-electron chi connectivity index (χ4n) is 1.03. The van der Waals surface area contributed by atoms with Crippen molar-refractivity contribution in [3.63, 3.8) is 0 Å². The van der Waals surface area contributed by atoms with Crippen molar-refractivity contribution in [2.75, 3.05) is 0 Å². The fraction of sp³-hybridized carbons (Fsp3) is 0.111. The molecular formula is C9H7ClN2O. The number of hydrogen-bond acceptors (Lipinski definition) is 3. The van der Waals surface area contributed by atoms with Gasteiger partial charge in [-0.3, -0.25) is 0 Å². The van der Waals surface area contributed by atoms with E-state index in [9.17, 15) is 0 Å². The zero-order chi connectivity index (χ0) is 9.10. The minimum absolute atomic E-state index is 0.406. The Balaban J connectivity index is 2.15. The lowest BCUT2D eigenvalue weighted by Gasteiger charge is -1.95. The molecule has 2 aromatic heterocycles. The summed E-state index contributed by atoms with van der Waals surface area (Å²) >= 11 is 5.60. The van der Waals surface area contributed by atoms with E-state index in [-0.39, 0.29) is 0 Å². The van der Waals surface area contributed by atoms with Crippen molar-refractivity contribution in [3.05, 3.63) is 47.1 Å². The first-order valence-corrected chi connectivity index (χ1v) is 4.23. The monoisotopic (exact) mass is 194 g/mol. The molecule has 2 aromatic rings. The van der Waals surface area contributed by atoms with Crippen LogP contribution in [0.1, 0.15) is 11.5 Å². The highest BCUT2D eigenvalue weighted by atomic mass is 35.5. The Hall–Kier alpha value is -1.35. The van der Waals surface area contributed by atoms with Crippen LogP contribution in [0.4, 0.5) is 0 Å². The molecule has 0 radical (unpaired) electrons. The molecule has 2 heterocycles. The van der Waals surface area contributed by atoms with Gasteiger partial charge in [0.05, 0.1) is 12.0 Å². The van der Waals surface area contributed by atoms with Crippen molar-refractivity contribution < 1.29 is 4.42 Å². The van der Waals surface area contributed by atoms with Crippen LogP contribution in [-0.4, -0.2) is 10.2 Å². The molecule has 0 N–H and O–H groups in total. The van der Waals surface area contributed by atoms with E-state index in [4.69, 9.17) is 16.0 Å². The third-order valence-corrected chi connectivity index (χ3v) is 1.82. The highest BCUT2D eigenvalue weighted by molar-refractivity contribution is 6.29. The molecule has 0 saturated carbocycles. The molecule has 0 saturated heterocycles. The summed E-state index contributed by atoms with van der Waals surface area (Å²) in [6, 6.07) is 7.29. The van der Waals surface area contributed by atoms with Gasteiger partial charge in [0.15, 0.2) is 5.15 Å². The van der Waals surface area contributed by atoms with Crippen LogP contribution in [0.5, 0.6) is 0 Å². The first-order chi connectivity index (χ1) is 6.34. The second kappa shape index (κ2) is 3.58. The minimum Gasteiger partial charge on any atom is -0.469 e. The maximum absolute atomic E-state index is 5.60. The summed E-state index contributed by atoms with van der Waals surface area (Å²) in [5.41, 5.74) is 0.847. The highest BCUT2D eigenvalue weighted by Crippen LogP contribution is 2.08. The second-order valence-electron chi connectivity index (χ2n) is 2.60. The van der Waals surface area contributed by atoms with E-state index in [0.717, 1.165) is 11.5 Å². The molecule has 0 aromatic carbocycles. The molecule has 0 spiro atoms. The molecular weight excluding hydrogens is 188 g/mol. The van der Waals surface area contributed by atoms with Gasteiger partial charge < -0.3 is 4.42 Å². The van der Waals surface area contributed by atoms with Gasteiger partial charge in [-0.05, 0) is 24.3 Å². The molecule has 0 aliphatic heterocycles. The fourth-order valence-corrected chi connectivity index (χ4v) is 1.13. The van der Waals surface area contributed by atoms with Crippen molar-refractivity contribution in [3.8, 4) is 0 Å². The quantitative estimate of drug-likeness (QED) is 0.737. The van der Waals surface area contributed by atoms with Crippen LogP contribution in [0.2, 0.25) is 5.15 Å². The molecule has 13 heavy (non-hydrogen) atoms. The third kappa shape index (κ3) is 2.06. The van der Waals surface area contributed by atoms with Gasteiger partial charge in [-0.1, -0.05) is 11.6 Å². The van der Waals surface area contributed by atoms with Crippen LogP contribution in [0.25, 0.3) is 0 Å². The Morgan fingerprint density at radius 2 is 2.15 bits per heavy atom. The van der Waals surface area contributed by atoms with E-state index in [1.807, 2.05) is 18.2 Å². The third-order valence-electron chi connectivity index (χ3n) is 1.62. The molecule has 0 bridgehead atoms. The summed E-state index contributed by atoms with van der Waals surface area (Å²) in [5, 5.41) is 8.05. The number of aromatic nitrogens is 2. The molecule has 66 valence electrons. The van der Waals surface area contributed by atoms with Crippen molar-refractivity contribution >= 4 is 11.6 Å². The number of hydrogen-bond donors (Lipinski definition) is 0. The van der Waals surface area contributed by atoms with Crippen molar-refractivity contribution in [2.24, 2.45) is 0 Å². The van der Waals surface area contributed by atoms with Crippen LogP contribution in [0.15, 0.2) is 34.9 Å². The largest absolute Gasteiger partial charge is 0.469 e. The van der Waals surface area contributed by atoms with Gasteiger partial charge in [0.25, 0.3) is 0 Å². The standard InChI is InChI=1S/C9H7ClN2O/c10-9-4-3-7(11-12-9)6-8-2-1-5-13-8/h1-5H,6H2. The van der Waals surface area contributed by atoms with Gasteiger partial charge in [0.1, 0.15) is 5.76 Å². The predicted octanol–water partition coefficient (Wildman–Crippen LogP) is 2.31. The number of rotatable bonds is 2. The van der Waals surface area contributed by atoms with E-state index >= 15 is 0 Å². The van der Waals surface area contributed by atoms with Crippen molar-refractivity contribution in [2.45, 2.75) is 6.42 Å². The number of nitrogens with zero attached hydrogens (tertiary/aromatic N) is 2. The Kier molecular flexibility index (Phi) is 2.27. The van der Waals surface area contributed by atoms with Gasteiger partial charge in [0.2, 0.25) is 0 Å². The maximum atomic E-state index is 5.60. The average Bonchev–Trinajstić information content (AvgIpc) is 2.62. The lowest BCUT2D eigenvalue weighted by Crippen LogP contribution is -1.92. The summed E-state index contributed by atoms with van der Waals surface area (Å²) in [5.74, 6) is 0.872. The molecule has 4 heteroatoms. The van der Waals surface area contributed by atoms with E-state index in [0.29, 0.717) is 11.6 Å². The molecule has 3 nitrogen and oxygen atoms in total. The molecule has 0 unspecified atom stereocenters. The molecule has 0 atom stereocenters. The molecule has 0 amide bonds. The smallest absolute Gasteiger partial charge is 0.151 e. The van der Waals surface area contributed by atoms with Gasteiger partial charge in [-0.2, -0.15) is 5.10 Å². The normalized spacial score (nSPS) is 10.2. The van der Waals surface area contributed by atoms with Gasteiger partial charge in [-0.25, -0.2) is 0 Å². The Bertz CT molecular complexity index is 369. The molecule has 0 fully saturated rings. The molecule has 0 aliphatic rings. The van der Waals surface area contributed by atoms with E-state index in [1.54, 1.807) is 12.3 Å². The first kappa shape index (κ1) is 8.26. The van der Waals surface area contributed by atoms with Crippen LogP contribution >= 0.6 is 11.6 Å². The Morgan fingerprint density at radius 1 is 1.23 bits per heavy atom. The topological polar surface area (TPSA) is 38.9 Å². The first-order valence-electron chi connectivity index (χ1n) is 3.85. The number of halogens is 1. The lowest BCUT2D eigenvalue weighted by atomic mass is 10.2. The summed E-state index contributed by atoms with van der Waals surface area (Å²) in [6.07, 6.45) is 2.29. The molecule has 2 rings (SSSR count). The van der Waals surface area contributed by atoms with Crippen LogP contribution in [-0.2, 0) is 6.42 Å². The maximum Gasteiger partial charge on any atom is 0.151 e. The molecule has 0 aliphatic carbocycles. The van der Waals surface area contributed by atoms with Gasteiger partial charge in [-0.15, -0.1) is 5.10 Å². The minimum atomic E-state index is 0.406. The van der Waals surface area contributed by atoms with Crippen molar-refractivity contribution in [1.29, 1.82) is 0 Å². The SMILES string of the molecule is Clc1ccc(Cc2ccco2)nn1. The Morgan fingerprint density at radius 3 is 2.77 bits per heavy atom.